The fourth-order valence-corrected chi connectivity index (χ4v) is 3.50. The molecule has 1 heterocycles. The summed E-state index contributed by atoms with van der Waals surface area (Å²) in [5.74, 6) is -0.938. The van der Waals surface area contributed by atoms with Gasteiger partial charge in [-0.2, -0.15) is 0 Å². The van der Waals surface area contributed by atoms with Crippen LogP contribution in [-0.4, -0.2) is 23.8 Å². The molecule has 0 spiro atoms. The third-order valence-corrected chi connectivity index (χ3v) is 5.19. The summed E-state index contributed by atoms with van der Waals surface area (Å²) in [5.41, 5.74) is 0. The standard InChI is InChI=1S/C23H40O3/c1-2-3-4-5-6-7-8-9-10-11-12-13-14-15-17-21(23(24)25)20-22-18-16-19-26-22/h9-10,16,18,21-22H,2-8,11-15,17,19-20H2,1H3,(H,24,25)/b10-9-. The Morgan fingerprint density at radius 3 is 2.23 bits per heavy atom. The molecule has 26 heavy (non-hydrogen) atoms. The lowest BCUT2D eigenvalue weighted by Crippen LogP contribution is -2.20. The van der Waals surface area contributed by atoms with Crippen molar-refractivity contribution in [3.8, 4) is 0 Å². The van der Waals surface area contributed by atoms with Crippen LogP contribution in [0.25, 0.3) is 0 Å². The second-order valence-electron chi connectivity index (χ2n) is 7.59. The topological polar surface area (TPSA) is 46.5 Å². The predicted octanol–water partition coefficient (Wildman–Crippen LogP) is 6.68. The number of carboxylic acids is 1. The number of aliphatic carboxylic acids is 1. The van der Waals surface area contributed by atoms with Gasteiger partial charge in [0, 0.05) is 0 Å². The summed E-state index contributed by atoms with van der Waals surface area (Å²) in [6.07, 6.45) is 25.2. The number of hydrogen-bond acceptors (Lipinski definition) is 2. The second-order valence-corrected chi connectivity index (χ2v) is 7.59. The van der Waals surface area contributed by atoms with E-state index in [9.17, 15) is 9.90 Å². The molecular weight excluding hydrogens is 324 g/mol. The number of carbonyl (C=O) groups is 1. The van der Waals surface area contributed by atoms with Crippen molar-refractivity contribution in [3.05, 3.63) is 24.3 Å². The number of hydrogen-bond donors (Lipinski definition) is 1. The molecule has 2 atom stereocenters. The van der Waals surface area contributed by atoms with Gasteiger partial charge in [0.2, 0.25) is 0 Å². The Hall–Kier alpha value is -1.09. The van der Waals surface area contributed by atoms with E-state index >= 15 is 0 Å². The molecule has 3 heteroatoms. The van der Waals surface area contributed by atoms with Gasteiger partial charge in [-0.1, -0.05) is 82.6 Å². The van der Waals surface area contributed by atoms with Crippen LogP contribution in [0.1, 0.15) is 96.8 Å². The van der Waals surface area contributed by atoms with E-state index in [1.54, 1.807) is 0 Å². The summed E-state index contributed by atoms with van der Waals surface area (Å²) in [6.45, 7) is 2.89. The zero-order valence-corrected chi connectivity index (χ0v) is 16.8. The summed E-state index contributed by atoms with van der Waals surface area (Å²) >= 11 is 0. The molecule has 0 bridgehead atoms. The lowest BCUT2D eigenvalue weighted by atomic mass is 9.94. The van der Waals surface area contributed by atoms with E-state index in [4.69, 9.17) is 4.74 Å². The number of rotatable bonds is 17. The highest BCUT2D eigenvalue weighted by atomic mass is 16.5. The molecule has 0 aromatic heterocycles. The largest absolute Gasteiger partial charge is 0.481 e. The van der Waals surface area contributed by atoms with Crippen LogP contribution in [0, 0.1) is 5.92 Å². The van der Waals surface area contributed by atoms with Gasteiger partial charge < -0.3 is 9.84 Å². The van der Waals surface area contributed by atoms with Crippen LogP contribution in [0.15, 0.2) is 24.3 Å². The predicted molar refractivity (Wildman–Crippen MR) is 109 cm³/mol. The highest BCUT2D eigenvalue weighted by molar-refractivity contribution is 5.70. The van der Waals surface area contributed by atoms with E-state index in [0.717, 1.165) is 19.3 Å². The van der Waals surface area contributed by atoms with Crippen molar-refractivity contribution in [2.75, 3.05) is 6.61 Å². The van der Waals surface area contributed by atoms with Crippen molar-refractivity contribution in [3.63, 3.8) is 0 Å². The molecule has 1 aliphatic rings. The molecule has 0 aliphatic carbocycles. The van der Waals surface area contributed by atoms with E-state index in [-0.39, 0.29) is 12.0 Å². The van der Waals surface area contributed by atoms with Gasteiger partial charge in [-0.25, -0.2) is 0 Å². The van der Waals surface area contributed by atoms with Gasteiger partial charge in [0.15, 0.2) is 0 Å². The van der Waals surface area contributed by atoms with Gasteiger partial charge in [0.1, 0.15) is 0 Å². The van der Waals surface area contributed by atoms with Gasteiger partial charge in [0.05, 0.1) is 18.6 Å². The molecule has 3 nitrogen and oxygen atoms in total. The summed E-state index contributed by atoms with van der Waals surface area (Å²) in [5, 5.41) is 9.35. The van der Waals surface area contributed by atoms with Crippen LogP contribution in [-0.2, 0) is 9.53 Å². The average Bonchev–Trinajstić information content (AvgIpc) is 3.14. The molecule has 0 aromatic rings. The summed E-state index contributed by atoms with van der Waals surface area (Å²) in [7, 11) is 0. The van der Waals surface area contributed by atoms with Gasteiger partial charge >= 0.3 is 5.97 Å². The SMILES string of the molecule is CCCCCCCC/C=C\CCCCCCC(CC1C=CCO1)C(=O)O. The number of unbranched alkanes of at least 4 members (excludes halogenated alkanes) is 10. The molecule has 0 saturated carbocycles. The third-order valence-electron chi connectivity index (χ3n) is 5.19. The maximum Gasteiger partial charge on any atom is 0.306 e. The second kappa shape index (κ2) is 16.1. The number of allylic oxidation sites excluding steroid dienone is 2. The van der Waals surface area contributed by atoms with Crippen molar-refractivity contribution >= 4 is 5.97 Å². The smallest absolute Gasteiger partial charge is 0.306 e. The molecular formula is C23H40O3. The quantitative estimate of drug-likeness (QED) is 0.231. The minimum absolute atomic E-state index is 0.00730. The first-order chi connectivity index (χ1) is 12.7. The Morgan fingerprint density at radius 1 is 1.04 bits per heavy atom. The van der Waals surface area contributed by atoms with E-state index in [1.165, 1.54) is 64.2 Å². The maximum atomic E-state index is 11.4. The van der Waals surface area contributed by atoms with E-state index < -0.39 is 5.97 Å². The Kier molecular flexibility index (Phi) is 14.2. The summed E-state index contributed by atoms with van der Waals surface area (Å²) in [6, 6.07) is 0. The summed E-state index contributed by atoms with van der Waals surface area (Å²) < 4.78 is 5.48. The Bertz CT molecular complexity index is 400. The van der Waals surface area contributed by atoms with Gasteiger partial charge in [-0.15, -0.1) is 0 Å². The van der Waals surface area contributed by atoms with Crippen molar-refractivity contribution in [1.29, 1.82) is 0 Å². The van der Waals surface area contributed by atoms with Crippen LogP contribution in [0.5, 0.6) is 0 Å². The van der Waals surface area contributed by atoms with Crippen LogP contribution >= 0.6 is 0 Å². The van der Waals surface area contributed by atoms with E-state index in [2.05, 4.69) is 19.1 Å². The van der Waals surface area contributed by atoms with Crippen molar-refractivity contribution in [2.24, 2.45) is 5.92 Å². The summed E-state index contributed by atoms with van der Waals surface area (Å²) in [4.78, 5) is 11.4. The molecule has 0 saturated heterocycles. The van der Waals surface area contributed by atoms with Crippen LogP contribution in [0.3, 0.4) is 0 Å². The fourth-order valence-electron chi connectivity index (χ4n) is 3.50. The minimum atomic E-state index is -0.675. The van der Waals surface area contributed by atoms with Gasteiger partial charge in [0.25, 0.3) is 0 Å². The van der Waals surface area contributed by atoms with Crippen molar-refractivity contribution in [2.45, 2.75) is 103 Å². The average molecular weight is 365 g/mol. The van der Waals surface area contributed by atoms with Crippen LogP contribution in [0.2, 0.25) is 0 Å². The van der Waals surface area contributed by atoms with Gasteiger partial charge in [-0.3, -0.25) is 4.79 Å². The molecule has 0 fully saturated rings. The first-order valence-corrected chi connectivity index (χ1v) is 10.9. The minimum Gasteiger partial charge on any atom is -0.481 e. The van der Waals surface area contributed by atoms with Crippen molar-refractivity contribution in [1.82, 2.24) is 0 Å². The maximum absolute atomic E-state index is 11.4. The molecule has 2 unspecified atom stereocenters. The first-order valence-electron chi connectivity index (χ1n) is 10.9. The lowest BCUT2D eigenvalue weighted by Gasteiger charge is -2.15. The zero-order chi connectivity index (χ0) is 18.9. The number of carboxylic acid groups (broad SMARTS) is 1. The number of ether oxygens (including phenoxy) is 1. The van der Waals surface area contributed by atoms with Crippen LogP contribution < -0.4 is 0 Å². The highest BCUT2D eigenvalue weighted by Gasteiger charge is 2.22. The van der Waals surface area contributed by atoms with E-state index in [1.807, 2.05) is 12.2 Å². The third kappa shape index (κ3) is 12.3. The zero-order valence-electron chi connectivity index (χ0n) is 16.8. The molecule has 1 rings (SSSR count). The Balaban J connectivity index is 1.91. The monoisotopic (exact) mass is 364 g/mol. The lowest BCUT2D eigenvalue weighted by molar-refractivity contribution is -0.143. The Morgan fingerprint density at radius 2 is 1.65 bits per heavy atom. The first kappa shape index (κ1) is 23.0. The molecule has 0 amide bonds. The fraction of sp³-hybridized carbons (Fsp3) is 0.783. The molecule has 0 aromatic carbocycles. The molecule has 1 aliphatic heterocycles. The highest BCUT2D eigenvalue weighted by Crippen LogP contribution is 2.21. The van der Waals surface area contributed by atoms with Crippen LogP contribution in [0.4, 0.5) is 0 Å². The molecule has 1 N–H and O–H groups in total. The molecule has 150 valence electrons. The van der Waals surface area contributed by atoms with Gasteiger partial charge in [-0.05, 0) is 38.5 Å². The molecule has 0 radical (unpaired) electrons. The van der Waals surface area contributed by atoms with E-state index in [0.29, 0.717) is 13.0 Å². The van der Waals surface area contributed by atoms with Crippen molar-refractivity contribution < 1.29 is 14.6 Å². The Labute approximate surface area is 160 Å². The normalized spacial score (nSPS) is 18.0.